The third-order valence-corrected chi connectivity index (χ3v) is 3.11. The summed E-state index contributed by atoms with van der Waals surface area (Å²) < 4.78 is 10.8. The number of nitrogens with zero attached hydrogens (tertiary/aromatic N) is 1. The molecule has 1 aliphatic heterocycles. The van der Waals surface area contributed by atoms with Gasteiger partial charge in [-0.1, -0.05) is 0 Å². The van der Waals surface area contributed by atoms with Crippen molar-refractivity contribution in [1.82, 2.24) is 10.2 Å². The van der Waals surface area contributed by atoms with Gasteiger partial charge >= 0.3 is 6.09 Å². The molecule has 1 fully saturated rings. The molecule has 21 heavy (non-hydrogen) atoms. The van der Waals surface area contributed by atoms with E-state index < -0.39 is 11.7 Å². The lowest BCUT2D eigenvalue weighted by molar-refractivity contribution is 0.0156. The van der Waals surface area contributed by atoms with Crippen molar-refractivity contribution < 1.29 is 19.4 Å². The summed E-state index contributed by atoms with van der Waals surface area (Å²) in [7, 11) is 0. The molecule has 1 rings (SSSR count). The summed E-state index contributed by atoms with van der Waals surface area (Å²) in [6.07, 6.45) is 1.21. The number of amides is 1. The summed E-state index contributed by atoms with van der Waals surface area (Å²) in [5.74, 6) is 0. The Bertz CT molecular complexity index is 309. The lowest BCUT2D eigenvalue weighted by Crippen LogP contribution is -2.46. The molecule has 0 aromatic rings. The zero-order valence-electron chi connectivity index (χ0n) is 13.7. The molecule has 2 unspecified atom stereocenters. The van der Waals surface area contributed by atoms with E-state index in [9.17, 15) is 9.90 Å². The second-order valence-electron chi connectivity index (χ2n) is 6.64. The molecule has 6 nitrogen and oxygen atoms in total. The number of carbonyl (C=O) groups is 1. The molecule has 1 aliphatic rings. The van der Waals surface area contributed by atoms with Gasteiger partial charge in [-0.05, 0) is 40.5 Å². The Hall–Kier alpha value is -0.850. The number of rotatable bonds is 6. The van der Waals surface area contributed by atoms with Crippen molar-refractivity contribution in [2.24, 2.45) is 0 Å². The summed E-state index contributed by atoms with van der Waals surface area (Å²) in [6, 6.07) is 0.353. The first-order valence-electron chi connectivity index (χ1n) is 7.75. The first-order chi connectivity index (χ1) is 9.78. The predicted octanol–water partition coefficient (Wildman–Crippen LogP) is 1.37. The van der Waals surface area contributed by atoms with Crippen LogP contribution >= 0.6 is 0 Å². The first-order valence-corrected chi connectivity index (χ1v) is 7.75. The van der Waals surface area contributed by atoms with Gasteiger partial charge < -0.3 is 24.8 Å². The minimum Gasteiger partial charge on any atom is -0.444 e. The molecule has 124 valence electrons. The molecule has 0 saturated carbocycles. The highest BCUT2D eigenvalue weighted by molar-refractivity contribution is 5.68. The van der Waals surface area contributed by atoms with Gasteiger partial charge in [-0.2, -0.15) is 0 Å². The van der Waals surface area contributed by atoms with E-state index in [1.165, 1.54) is 0 Å². The van der Waals surface area contributed by atoms with Gasteiger partial charge in [0, 0.05) is 32.3 Å². The van der Waals surface area contributed by atoms with Crippen LogP contribution < -0.4 is 5.32 Å². The molecule has 1 amide bonds. The molecule has 0 aliphatic carbocycles. The third kappa shape index (κ3) is 8.24. The number of ether oxygens (including phenoxy) is 2. The van der Waals surface area contributed by atoms with Gasteiger partial charge in [-0.3, -0.25) is 0 Å². The summed E-state index contributed by atoms with van der Waals surface area (Å²) >= 11 is 0. The second kappa shape index (κ2) is 8.56. The van der Waals surface area contributed by atoms with E-state index >= 15 is 0 Å². The van der Waals surface area contributed by atoms with E-state index in [1.54, 1.807) is 11.8 Å². The van der Waals surface area contributed by atoms with Crippen molar-refractivity contribution >= 4 is 6.09 Å². The van der Waals surface area contributed by atoms with Gasteiger partial charge in [0.1, 0.15) is 5.60 Å². The van der Waals surface area contributed by atoms with Crippen molar-refractivity contribution in [2.75, 3.05) is 32.8 Å². The highest BCUT2D eigenvalue weighted by Gasteiger charge is 2.23. The van der Waals surface area contributed by atoms with Crippen LogP contribution in [0.15, 0.2) is 0 Å². The molecule has 0 aromatic heterocycles. The Labute approximate surface area is 127 Å². The van der Waals surface area contributed by atoms with Gasteiger partial charge in [0.25, 0.3) is 0 Å². The average molecular weight is 302 g/mol. The molecule has 0 bridgehead atoms. The topological polar surface area (TPSA) is 71.0 Å². The Morgan fingerprint density at radius 2 is 2.24 bits per heavy atom. The fourth-order valence-corrected chi connectivity index (χ4v) is 2.21. The predicted molar refractivity (Wildman–Crippen MR) is 81.3 cm³/mol. The maximum absolute atomic E-state index is 12.1. The van der Waals surface area contributed by atoms with Crippen LogP contribution in [0.1, 0.15) is 40.5 Å². The number of hydrogen-bond donors (Lipinski definition) is 2. The number of aliphatic hydroxyl groups is 1. The van der Waals surface area contributed by atoms with Crippen molar-refractivity contribution in [3.8, 4) is 0 Å². The molecule has 0 spiro atoms. The standard InChI is InChI=1S/C15H30N2O4/c1-12(18)10-17(14(19)21-15(2,3)4)8-7-16-13-6-5-9-20-11-13/h12-13,16,18H,5-11H2,1-4H3. The number of aliphatic hydroxyl groups excluding tert-OH is 1. The molecule has 1 heterocycles. The van der Waals surface area contributed by atoms with Crippen molar-refractivity contribution in [1.29, 1.82) is 0 Å². The monoisotopic (exact) mass is 302 g/mol. The number of carbonyl (C=O) groups excluding carboxylic acids is 1. The van der Waals surface area contributed by atoms with Crippen LogP contribution in [0.3, 0.4) is 0 Å². The third-order valence-electron chi connectivity index (χ3n) is 3.11. The normalized spacial score (nSPS) is 20.9. The molecule has 2 N–H and O–H groups in total. The first kappa shape index (κ1) is 18.2. The van der Waals surface area contributed by atoms with Gasteiger partial charge in [0.2, 0.25) is 0 Å². The van der Waals surface area contributed by atoms with Crippen LogP contribution in [0, 0.1) is 0 Å². The molecule has 6 heteroatoms. The van der Waals surface area contributed by atoms with Crippen LogP contribution in [0.25, 0.3) is 0 Å². The van der Waals surface area contributed by atoms with Crippen LogP contribution in [0.5, 0.6) is 0 Å². The summed E-state index contributed by atoms with van der Waals surface area (Å²) in [5.41, 5.74) is -0.529. The minimum absolute atomic E-state index is 0.276. The number of hydrogen-bond acceptors (Lipinski definition) is 5. The Morgan fingerprint density at radius 3 is 2.76 bits per heavy atom. The van der Waals surface area contributed by atoms with Gasteiger partial charge in [0.05, 0.1) is 12.7 Å². The fraction of sp³-hybridized carbons (Fsp3) is 0.933. The van der Waals surface area contributed by atoms with Crippen LogP contribution in [0.2, 0.25) is 0 Å². The summed E-state index contributed by atoms with van der Waals surface area (Å²) in [4.78, 5) is 13.7. The van der Waals surface area contributed by atoms with E-state index in [4.69, 9.17) is 9.47 Å². The maximum Gasteiger partial charge on any atom is 0.410 e. The molecular formula is C15H30N2O4. The highest BCUT2D eigenvalue weighted by Crippen LogP contribution is 2.10. The quantitative estimate of drug-likeness (QED) is 0.775. The van der Waals surface area contributed by atoms with E-state index in [0.717, 1.165) is 26.1 Å². The summed E-state index contributed by atoms with van der Waals surface area (Å²) in [6.45, 7) is 10.2. The van der Waals surface area contributed by atoms with E-state index in [0.29, 0.717) is 19.1 Å². The Morgan fingerprint density at radius 1 is 1.52 bits per heavy atom. The second-order valence-corrected chi connectivity index (χ2v) is 6.64. The smallest absolute Gasteiger partial charge is 0.410 e. The van der Waals surface area contributed by atoms with E-state index in [2.05, 4.69) is 5.32 Å². The van der Waals surface area contributed by atoms with Crippen LogP contribution in [-0.2, 0) is 9.47 Å². The van der Waals surface area contributed by atoms with Gasteiger partial charge in [0.15, 0.2) is 0 Å². The molecule has 0 radical (unpaired) electrons. The Kier molecular flexibility index (Phi) is 7.42. The van der Waals surface area contributed by atoms with Crippen molar-refractivity contribution in [3.63, 3.8) is 0 Å². The van der Waals surface area contributed by atoms with Crippen LogP contribution in [-0.4, -0.2) is 66.7 Å². The molecule has 2 atom stereocenters. The largest absolute Gasteiger partial charge is 0.444 e. The molecular weight excluding hydrogens is 272 g/mol. The van der Waals surface area contributed by atoms with Crippen LogP contribution in [0.4, 0.5) is 4.79 Å². The van der Waals surface area contributed by atoms with E-state index in [1.807, 2.05) is 20.8 Å². The van der Waals surface area contributed by atoms with E-state index in [-0.39, 0.29) is 12.6 Å². The molecule has 0 aromatic carbocycles. The number of nitrogens with one attached hydrogen (secondary N) is 1. The summed E-state index contributed by atoms with van der Waals surface area (Å²) in [5, 5.41) is 12.9. The van der Waals surface area contributed by atoms with Gasteiger partial charge in [-0.15, -0.1) is 0 Å². The highest BCUT2D eigenvalue weighted by atomic mass is 16.6. The van der Waals surface area contributed by atoms with Crippen molar-refractivity contribution in [2.45, 2.75) is 58.3 Å². The fourth-order valence-electron chi connectivity index (χ4n) is 2.21. The Balaban J connectivity index is 2.39. The average Bonchev–Trinajstić information content (AvgIpc) is 2.36. The maximum atomic E-state index is 12.1. The lowest BCUT2D eigenvalue weighted by Gasteiger charge is -2.29. The minimum atomic E-state index is -0.574. The SMILES string of the molecule is CC(O)CN(CCNC1CCCOC1)C(=O)OC(C)(C)C. The lowest BCUT2D eigenvalue weighted by atomic mass is 10.1. The zero-order chi connectivity index (χ0) is 15.9. The van der Waals surface area contributed by atoms with Gasteiger partial charge in [-0.25, -0.2) is 4.79 Å². The zero-order valence-corrected chi connectivity index (χ0v) is 13.7. The molecule has 1 saturated heterocycles. The van der Waals surface area contributed by atoms with Crippen molar-refractivity contribution in [3.05, 3.63) is 0 Å².